The molecule has 0 aliphatic carbocycles. The molecule has 1 aromatic heterocycles. The fraction of sp³-hybridized carbons (Fsp3) is 0.556. The van der Waals surface area contributed by atoms with Crippen molar-refractivity contribution in [3.05, 3.63) is 36.0 Å². The van der Waals surface area contributed by atoms with Crippen LogP contribution in [0.15, 0.2) is 30.5 Å². The number of aliphatic hydroxyl groups excluding tert-OH is 2. The Labute approximate surface area is 323 Å². The van der Waals surface area contributed by atoms with E-state index < -0.39 is 121 Å². The lowest BCUT2D eigenvalue weighted by molar-refractivity contribution is -0.143. The minimum absolute atomic E-state index is 0.149. The zero-order chi connectivity index (χ0) is 42.4. The lowest BCUT2D eigenvalue weighted by atomic mass is 9.97. The topological polar surface area (TPSA) is 331 Å². The molecule has 0 aliphatic rings. The Kier molecular flexibility index (Phi) is 17.9. The second-order valence-corrected chi connectivity index (χ2v) is 14.0. The van der Waals surface area contributed by atoms with E-state index in [1.807, 2.05) is 0 Å². The van der Waals surface area contributed by atoms with E-state index in [4.69, 9.17) is 5.73 Å². The van der Waals surface area contributed by atoms with Gasteiger partial charge in [-0.05, 0) is 37.3 Å². The molecular formula is C36H54N8O12. The standard InChI is InChI=1S/C36H54N8O12/c1-7-17(4)29(42-25(47)15-39-33(52)27(37)18(5)45)34(53)41-24(13-26(48)49)32(51)44-30(19(6)46)35(54)40-23(31(50)43-28(16(2)3)36(55)56)12-20-14-38-22-11-9-8-10-21(20)22/h8-11,14,16-19,23-24,27-30,38,45-46H,7,12-13,15,37H2,1-6H3,(H,39,52)(H,40,54)(H,41,53)(H,42,47)(H,43,50)(H,44,51)(H,48,49)(H,55,56)/t17-,18+,19+,23-,24-,27-,28-,29-,30-/m0/s1. The van der Waals surface area contributed by atoms with Crippen molar-refractivity contribution in [3.8, 4) is 0 Å². The number of hydrogen-bond acceptors (Lipinski definition) is 11. The van der Waals surface area contributed by atoms with Crippen molar-refractivity contribution < 1.29 is 58.8 Å². The molecule has 0 aliphatic heterocycles. The number of carboxylic acid groups (broad SMARTS) is 2. The smallest absolute Gasteiger partial charge is 0.326 e. The molecule has 56 heavy (non-hydrogen) atoms. The van der Waals surface area contributed by atoms with Gasteiger partial charge in [-0.25, -0.2) is 4.79 Å². The lowest BCUT2D eigenvalue weighted by Gasteiger charge is -2.29. The average molecular weight is 791 g/mol. The van der Waals surface area contributed by atoms with Crippen LogP contribution in [0.3, 0.4) is 0 Å². The summed E-state index contributed by atoms with van der Waals surface area (Å²) < 4.78 is 0. The average Bonchev–Trinajstić information content (AvgIpc) is 3.54. The number of aromatic nitrogens is 1. The van der Waals surface area contributed by atoms with Gasteiger partial charge in [0.05, 0.1) is 25.2 Å². The van der Waals surface area contributed by atoms with Gasteiger partial charge in [-0.15, -0.1) is 0 Å². The van der Waals surface area contributed by atoms with Gasteiger partial charge in [-0.1, -0.05) is 52.3 Å². The van der Waals surface area contributed by atoms with E-state index >= 15 is 0 Å². The van der Waals surface area contributed by atoms with Crippen molar-refractivity contribution in [2.24, 2.45) is 17.6 Å². The summed E-state index contributed by atoms with van der Waals surface area (Å²) in [6, 6.07) is -1.96. The highest BCUT2D eigenvalue weighted by atomic mass is 16.4. The summed E-state index contributed by atoms with van der Waals surface area (Å²) in [5.74, 6) is -9.78. The molecule has 13 N–H and O–H groups in total. The quantitative estimate of drug-likeness (QED) is 0.0593. The summed E-state index contributed by atoms with van der Waals surface area (Å²) in [6.45, 7) is 8.24. The van der Waals surface area contributed by atoms with Crippen molar-refractivity contribution in [2.45, 2.75) is 109 Å². The van der Waals surface area contributed by atoms with Crippen LogP contribution in [0.5, 0.6) is 0 Å². The maximum absolute atomic E-state index is 13.7. The number of para-hydroxylation sites is 1. The number of H-pyrrole nitrogens is 1. The van der Waals surface area contributed by atoms with Crippen LogP contribution in [0.1, 0.15) is 59.9 Å². The summed E-state index contributed by atoms with van der Waals surface area (Å²) in [5, 5.41) is 54.1. The van der Waals surface area contributed by atoms with Crippen molar-refractivity contribution in [2.75, 3.05) is 6.54 Å². The van der Waals surface area contributed by atoms with Gasteiger partial charge in [0.2, 0.25) is 35.4 Å². The number of carbonyl (C=O) groups excluding carboxylic acids is 6. The summed E-state index contributed by atoms with van der Waals surface area (Å²) in [5.41, 5.74) is 6.85. The number of carboxylic acids is 2. The number of aromatic amines is 1. The highest BCUT2D eigenvalue weighted by Gasteiger charge is 2.36. The molecule has 310 valence electrons. The molecule has 0 bridgehead atoms. The number of aliphatic carboxylic acids is 2. The number of carbonyl (C=O) groups is 8. The molecule has 1 aromatic carbocycles. The normalized spacial score (nSPS) is 16.1. The van der Waals surface area contributed by atoms with E-state index in [1.165, 1.54) is 6.92 Å². The highest BCUT2D eigenvalue weighted by molar-refractivity contribution is 5.98. The number of nitrogens with two attached hydrogens (primary N) is 1. The molecule has 0 fully saturated rings. The van der Waals surface area contributed by atoms with Gasteiger partial charge in [0.15, 0.2) is 0 Å². The summed E-state index contributed by atoms with van der Waals surface area (Å²) >= 11 is 0. The van der Waals surface area contributed by atoms with Gasteiger partial charge in [0.25, 0.3) is 0 Å². The molecule has 0 unspecified atom stereocenters. The number of fused-ring (bicyclic) bond motifs is 1. The minimum atomic E-state index is -1.84. The Bertz CT molecular complexity index is 1730. The molecule has 2 rings (SSSR count). The molecule has 1 heterocycles. The zero-order valence-electron chi connectivity index (χ0n) is 32.1. The largest absolute Gasteiger partial charge is 0.481 e. The molecule has 9 atom stereocenters. The van der Waals surface area contributed by atoms with Crippen molar-refractivity contribution in [1.82, 2.24) is 36.9 Å². The molecule has 2 aromatic rings. The molecule has 20 nitrogen and oxygen atoms in total. The highest BCUT2D eigenvalue weighted by Crippen LogP contribution is 2.20. The van der Waals surface area contributed by atoms with Crippen LogP contribution in [-0.4, -0.2) is 128 Å². The first kappa shape index (κ1) is 46.6. The second-order valence-electron chi connectivity index (χ2n) is 14.0. The molecule has 0 saturated heterocycles. The van der Waals surface area contributed by atoms with Crippen LogP contribution < -0.4 is 37.6 Å². The van der Waals surface area contributed by atoms with Crippen LogP contribution in [-0.2, 0) is 44.8 Å². The molecule has 0 radical (unpaired) electrons. The van der Waals surface area contributed by atoms with Crippen molar-refractivity contribution >= 4 is 58.3 Å². The first-order valence-electron chi connectivity index (χ1n) is 18.1. The van der Waals surface area contributed by atoms with Gasteiger partial charge < -0.3 is 63.0 Å². The predicted octanol–water partition coefficient (Wildman–Crippen LogP) is -2.40. The summed E-state index contributed by atoms with van der Waals surface area (Å²) in [4.78, 5) is 106. The lowest BCUT2D eigenvalue weighted by Crippen LogP contribution is -2.62. The maximum Gasteiger partial charge on any atom is 0.326 e. The Hall–Kier alpha value is -5.60. The monoisotopic (exact) mass is 790 g/mol. The fourth-order valence-electron chi connectivity index (χ4n) is 5.49. The van der Waals surface area contributed by atoms with Gasteiger partial charge >= 0.3 is 11.9 Å². The van der Waals surface area contributed by atoms with E-state index in [9.17, 15) is 58.8 Å². The zero-order valence-corrected chi connectivity index (χ0v) is 32.1. The molecular weight excluding hydrogens is 736 g/mol. The second kappa shape index (κ2) is 21.5. The fourth-order valence-corrected chi connectivity index (χ4v) is 5.49. The maximum atomic E-state index is 13.7. The van der Waals surface area contributed by atoms with Gasteiger partial charge in [0.1, 0.15) is 36.3 Å². The number of hydrogen-bond donors (Lipinski definition) is 12. The van der Waals surface area contributed by atoms with Gasteiger partial charge in [-0.3, -0.25) is 33.6 Å². The predicted molar refractivity (Wildman–Crippen MR) is 200 cm³/mol. The van der Waals surface area contributed by atoms with Crippen molar-refractivity contribution in [1.29, 1.82) is 0 Å². The molecule has 6 amide bonds. The van der Waals surface area contributed by atoms with Crippen LogP contribution in [0.25, 0.3) is 10.9 Å². The number of rotatable bonds is 22. The van der Waals surface area contributed by atoms with Crippen molar-refractivity contribution in [3.63, 3.8) is 0 Å². The number of nitrogens with one attached hydrogen (secondary N) is 7. The Morgan fingerprint density at radius 3 is 1.84 bits per heavy atom. The van der Waals surface area contributed by atoms with E-state index in [-0.39, 0.29) is 6.42 Å². The Morgan fingerprint density at radius 1 is 0.714 bits per heavy atom. The number of aliphatic hydroxyl groups is 2. The van der Waals surface area contributed by atoms with Gasteiger partial charge in [-0.2, -0.15) is 0 Å². The van der Waals surface area contributed by atoms with E-state index in [1.54, 1.807) is 58.2 Å². The third-order valence-corrected chi connectivity index (χ3v) is 9.09. The van der Waals surface area contributed by atoms with Gasteiger partial charge in [0, 0.05) is 23.5 Å². The van der Waals surface area contributed by atoms with Crippen LogP contribution in [0, 0.1) is 11.8 Å². The minimum Gasteiger partial charge on any atom is -0.481 e. The first-order chi connectivity index (χ1) is 26.2. The first-order valence-corrected chi connectivity index (χ1v) is 18.1. The van der Waals surface area contributed by atoms with E-state index in [0.717, 1.165) is 12.4 Å². The summed E-state index contributed by atoms with van der Waals surface area (Å²) in [7, 11) is 0. The molecule has 20 heteroatoms. The summed E-state index contributed by atoms with van der Waals surface area (Å²) in [6.07, 6.45) is -2.04. The molecule has 0 spiro atoms. The third-order valence-electron chi connectivity index (χ3n) is 9.09. The SMILES string of the molecule is CC[C@H](C)[C@H](NC(=O)CNC(=O)[C@@H](N)[C@@H](C)O)C(=O)N[C@@H](CC(=O)O)C(=O)N[C@H](C(=O)N[C@@H](Cc1c[nH]c2ccccc12)C(=O)N[C@H](C(=O)O)C(C)C)[C@@H](C)O. The number of benzene rings is 1. The Balaban J connectivity index is 2.32. The van der Waals surface area contributed by atoms with E-state index in [0.29, 0.717) is 17.4 Å². The van der Waals surface area contributed by atoms with Crippen LogP contribution >= 0.6 is 0 Å². The number of amides is 6. The van der Waals surface area contributed by atoms with Crippen LogP contribution in [0.2, 0.25) is 0 Å². The third kappa shape index (κ3) is 13.6. The molecule has 0 saturated carbocycles. The Morgan fingerprint density at radius 2 is 1.29 bits per heavy atom. The van der Waals surface area contributed by atoms with E-state index in [2.05, 4.69) is 36.9 Å². The van der Waals surface area contributed by atoms with Crippen LogP contribution in [0.4, 0.5) is 0 Å².